The minimum atomic E-state index is -1.18. The fraction of sp³-hybridized carbons (Fsp3) is 0.111. The van der Waals surface area contributed by atoms with Gasteiger partial charge in [0.25, 0.3) is 5.22 Å². The van der Waals surface area contributed by atoms with Crippen LogP contribution in [0.3, 0.4) is 0 Å². The van der Waals surface area contributed by atoms with E-state index in [2.05, 4.69) is 15.2 Å². The standard InChI is InChI=1S/C9H6ClN3O3S/c1-4-12-13-9(16-4)17-6-3-2-5(10)7(11-6)8(14)15/h2-3H,1H3,(H,14,15). The summed E-state index contributed by atoms with van der Waals surface area (Å²) in [5, 5.41) is 17.1. The number of carboxylic acids is 1. The number of aryl methyl sites for hydroxylation is 1. The Bertz CT molecular complexity index is 572. The Morgan fingerprint density at radius 3 is 2.82 bits per heavy atom. The zero-order valence-electron chi connectivity index (χ0n) is 8.55. The van der Waals surface area contributed by atoms with Crippen LogP contribution in [0.5, 0.6) is 0 Å². The van der Waals surface area contributed by atoms with Gasteiger partial charge in [-0.1, -0.05) is 11.6 Å². The normalized spacial score (nSPS) is 10.5. The maximum absolute atomic E-state index is 10.8. The number of pyridine rings is 1. The molecule has 0 spiro atoms. The van der Waals surface area contributed by atoms with Crippen LogP contribution in [0.25, 0.3) is 0 Å². The molecule has 6 nitrogen and oxygen atoms in total. The number of aromatic nitrogens is 3. The molecule has 0 amide bonds. The molecule has 0 fully saturated rings. The molecule has 2 aromatic rings. The molecule has 2 aromatic heterocycles. The molecular formula is C9H6ClN3O3S. The van der Waals surface area contributed by atoms with E-state index in [1.807, 2.05) is 0 Å². The van der Waals surface area contributed by atoms with E-state index in [-0.39, 0.29) is 10.7 Å². The summed E-state index contributed by atoms with van der Waals surface area (Å²) in [4.78, 5) is 14.7. The lowest BCUT2D eigenvalue weighted by atomic mass is 10.3. The first kappa shape index (κ1) is 11.9. The van der Waals surface area contributed by atoms with Crippen molar-refractivity contribution in [3.05, 3.63) is 28.7 Å². The van der Waals surface area contributed by atoms with Crippen LogP contribution in [-0.2, 0) is 0 Å². The van der Waals surface area contributed by atoms with Crippen LogP contribution in [0, 0.1) is 6.92 Å². The van der Waals surface area contributed by atoms with E-state index in [9.17, 15) is 4.79 Å². The molecule has 2 rings (SSSR count). The van der Waals surface area contributed by atoms with Crippen molar-refractivity contribution in [2.75, 3.05) is 0 Å². The molecule has 0 unspecified atom stereocenters. The van der Waals surface area contributed by atoms with E-state index in [1.165, 1.54) is 6.07 Å². The smallest absolute Gasteiger partial charge is 0.356 e. The molecule has 2 heterocycles. The summed E-state index contributed by atoms with van der Waals surface area (Å²) < 4.78 is 5.14. The second-order valence-corrected chi connectivity index (χ2v) is 4.35. The van der Waals surface area contributed by atoms with Gasteiger partial charge in [-0.3, -0.25) is 0 Å². The summed E-state index contributed by atoms with van der Waals surface area (Å²) >= 11 is 6.77. The van der Waals surface area contributed by atoms with Crippen molar-refractivity contribution >= 4 is 29.3 Å². The third kappa shape index (κ3) is 2.75. The average Bonchev–Trinajstić information content (AvgIpc) is 2.66. The van der Waals surface area contributed by atoms with Gasteiger partial charge in [0.15, 0.2) is 5.69 Å². The van der Waals surface area contributed by atoms with E-state index >= 15 is 0 Å². The van der Waals surface area contributed by atoms with Crippen LogP contribution in [-0.4, -0.2) is 26.3 Å². The molecule has 17 heavy (non-hydrogen) atoms. The van der Waals surface area contributed by atoms with E-state index in [0.29, 0.717) is 16.1 Å². The first-order chi connectivity index (χ1) is 8.06. The molecule has 0 saturated carbocycles. The number of halogens is 1. The summed E-state index contributed by atoms with van der Waals surface area (Å²) in [7, 11) is 0. The third-order valence-electron chi connectivity index (χ3n) is 1.72. The molecule has 88 valence electrons. The minimum Gasteiger partial charge on any atom is -0.476 e. The highest BCUT2D eigenvalue weighted by atomic mass is 35.5. The lowest BCUT2D eigenvalue weighted by molar-refractivity contribution is 0.0690. The van der Waals surface area contributed by atoms with Crippen molar-refractivity contribution in [3.8, 4) is 0 Å². The number of hydrogen-bond acceptors (Lipinski definition) is 6. The Kier molecular flexibility index (Phi) is 3.30. The van der Waals surface area contributed by atoms with Gasteiger partial charge in [0.05, 0.1) is 5.02 Å². The van der Waals surface area contributed by atoms with E-state index in [4.69, 9.17) is 21.1 Å². The number of aromatic carboxylic acids is 1. The lowest BCUT2D eigenvalue weighted by Gasteiger charge is -2.00. The Balaban J connectivity index is 2.28. The highest BCUT2D eigenvalue weighted by Gasteiger charge is 2.13. The van der Waals surface area contributed by atoms with Crippen LogP contribution < -0.4 is 0 Å². The molecule has 0 aliphatic heterocycles. The number of carbonyl (C=O) groups is 1. The Hall–Kier alpha value is -1.60. The largest absolute Gasteiger partial charge is 0.476 e. The zero-order chi connectivity index (χ0) is 12.4. The Labute approximate surface area is 105 Å². The van der Waals surface area contributed by atoms with Crippen LogP contribution in [0.4, 0.5) is 0 Å². The summed E-state index contributed by atoms with van der Waals surface area (Å²) in [5.41, 5.74) is -0.201. The van der Waals surface area contributed by atoms with Gasteiger partial charge in [0, 0.05) is 6.92 Å². The fourth-order valence-electron chi connectivity index (χ4n) is 1.04. The molecule has 0 aliphatic carbocycles. The zero-order valence-corrected chi connectivity index (χ0v) is 10.1. The maximum atomic E-state index is 10.8. The van der Waals surface area contributed by atoms with Crippen molar-refractivity contribution in [3.63, 3.8) is 0 Å². The molecule has 8 heteroatoms. The van der Waals surface area contributed by atoms with Gasteiger partial charge in [-0.25, -0.2) is 9.78 Å². The average molecular weight is 272 g/mol. The van der Waals surface area contributed by atoms with Gasteiger partial charge in [0.2, 0.25) is 5.89 Å². The third-order valence-corrected chi connectivity index (χ3v) is 2.80. The molecule has 0 atom stereocenters. The fourth-order valence-corrected chi connectivity index (χ4v) is 1.92. The van der Waals surface area contributed by atoms with Gasteiger partial charge >= 0.3 is 5.97 Å². The van der Waals surface area contributed by atoms with E-state index in [1.54, 1.807) is 13.0 Å². The van der Waals surface area contributed by atoms with E-state index < -0.39 is 5.97 Å². The number of carboxylic acid groups (broad SMARTS) is 1. The molecule has 1 N–H and O–H groups in total. The molecule has 0 radical (unpaired) electrons. The quantitative estimate of drug-likeness (QED) is 0.916. The second kappa shape index (κ2) is 4.72. The van der Waals surface area contributed by atoms with Crippen LogP contribution in [0.15, 0.2) is 26.8 Å². The van der Waals surface area contributed by atoms with Crippen molar-refractivity contribution in [1.29, 1.82) is 0 Å². The highest BCUT2D eigenvalue weighted by molar-refractivity contribution is 7.99. The van der Waals surface area contributed by atoms with Crippen molar-refractivity contribution in [1.82, 2.24) is 15.2 Å². The van der Waals surface area contributed by atoms with Crippen molar-refractivity contribution in [2.24, 2.45) is 0 Å². The summed E-state index contributed by atoms with van der Waals surface area (Å²) in [6.45, 7) is 1.66. The summed E-state index contributed by atoms with van der Waals surface area (Å²) in [6, 6.07) is 3.04. The van der Waals surface area contributed by atoms with Gasteiger partial charge < -0.3 is 9.52 Å². The van der Waals surface area contributed by atoms with E-state index in [0.717, 1.165) is 11.8 Å². The monoisotopic (exact) mass is 271 g/mol. The number of rotatable bonds is 3. The van der Waals surface area contributed by atoms with Crippen molar-refractivity contribution in [2.45, 2.75) is 17.2 Å². The second-order valence-electron chi connectivity index (χ2n) is 2.97. The molecular weight excluding hydrogens is 266 g/mol. The molecule has 0 saturated heterocycles. The van der Waals surface area contributed by atoms with Gasteiger partial charge in [-0.05, 0) is 23.9 Å². The van der Waals surface area contributed by atoms with Crippen LogP contribution in [0.2, 0.25) is 5.02 Å². The highest BCUT2D eigenvalue weighted by Crippen LogP contribution is 2.26. The predicted octanol–water partition coefficient (Wildman–Crippen LogP) is 2.28. The molecule has 0 bridgehead atoms. The SMILES string of the molecule is Cc1nnc(Sc2ccc(Cl)c(C(=O)O)n2)o1. The Morgan fingerprint density at radius 1 is 1.47 bits per heavy atom. The first-order valence-corrected chi connectivity index (χ1v) is 5.63. The summed E-state index contributed by atoms with van der Waals surface area (Å²) in [5.74, 6) is -0.751. The topological polar surface area (TPSA) is 89.1 Å². The molecule has 0 aliphatic rings. The predicted molar refractivity (Wildman–Crippen MR) is 59.4 cm³/mol. The lowest BCUT2D eigenvalue weighted by Crippen LogP contribution is -2.01. The van der Waals surface area contributed by atoms with Crippen LogP contribution in [0.1, 0.15) is 16.4 Å². The Morgan fingerprint density at radius 2 is 2.24 bits per heavy atom. The first-order valence-electron chi connectivity index (χ1n) is 4.44. The number of nitrogens with zero attached hydrogens (tertiary/aromatic N) is 3. The number of hydrogen-bond donors (Lipinski definition) is 1. The van der Waals surface area contributed by atoms with Gasteiger partial charge in [-0.2, -0.15) is 0 Å². The van der Waals surface area contributed by atoms with Gasteiger partial charge in [0.1, 0.15) is 5.03 Å². The minimum absolute atomic E-state index is 0.0866. The maximum Gasteiger partial charge on any atom is 0.356 e. The molecule has 0 aromatic carbocycles. The summed E-state index contributed by atoms with van der Waals surface area (Å²) in [6.07, 6.45) is 0. The van der Waals surface area contributed by atoms with Gasteiger partial charge in [-0.15, -0.1) is 10.2 Å². The van der Waals surface area contributed by atoms with Crippen LogP contribution >= 0.6 is 23.4 Å². The van der Waals surface area contributed by atoms with Crippen molar-refractivity contribution < 1.29 is 14.3 Å².